The summed E-state index contributed by atoms with van der Waals surface area (Å²) in [4.78, 5) is 26.8. The Bertz CT molecular complexity index is 1250. The molecular weight excluding hydrogens is 448 g/mol. The molecule has 7 heteroatoms. The molecule has 1 heterocycles. The molecular formula is C27H26N2O4S. The fourth-order valence-electron chi connectivity index (χ4n) is 3.57. The smallest absolute Gasteiger partial charge is 0.262 e. The number of hydrogen-bond donors (Lipinski definition) is 2. The van der Waals surface area contributed by atoms with Gasteiger partial charge in [-0.1, -0.05) is 47.7 Å². The largest absolute Gasteiger partial charge is 0.493 e. The van der Waals surface area contributed by atoms with E-state index in [0.717, 1.165) is 16.9 Å². The highest BCUT2D eigenvalue weighted by molar-refractivity contribution is 8.04. The molecule has 0 unspecified atom stereocenters. The molecule has 1 aliphatic rings. The number of methoxy groups -OCH3 is 2. The SMILES string of the molecule is COc1ccc(C=C2Sc3ccc(C(=O)NCCc4ccc(C)cc4)cc3NC2=O)cc1OC. The maximum atomic E-state index is 12.7. The van der Waals surface area contributed by atoms with E-state index >= 15 is 0 Å². The van der Waals surface area contributed by atoms with Crippen LogP contribution in [0.1, 0.15) is 27.0 Å². The molecule has 3 aromatic carbocycles. The number of amides is 2. The Kier molecular flexibility index (Phi) is 7.23. The van der Waals surface area contributed by atoms with Crippen molar-refractivity contribution in [3.8, 4) is 11.5 Å². The van der Waals surface area contributed by atoms with Crippen LogP contribution in [0.15, 0.2) is 70.5 Å². The number of aryl methyl sites for hydroxylation is 1. The van der Waals surface area contributed by atoms with Crippen LogP contribution in [0.25, 0.3) is 6.08 Å². The standard InChI is InChI=1S/C27H26N2O4S/c1-17-4-6-18(7-5-17)12-13-28-26(30)20-9-11-24-21(16-20)29-27(31)25(34-24)15-19-8-10-22(32-2)23(14-19)33-3/h4-11,14-16H,12-13H2,1-3H3,(H,28,30)(H,29,31). The molecule has 0 spiro atoms. The molecule has 0 radical (unpaired) electrons. The van der Waals surface area contributed by atoms with Crippen LogP contribution in [0.3, 0.4) is 0 Å². The van der Waals surface area contributed by atoms with Gasteiger partial charge in [-0.2, -0.15) is 0 Å². The fraction of sp³-hybridized carbons (Fsp3) is 0.185. The molecule has 0 fully saturated rings. The Labute approximate surface area is 203 Å². The van der Waals surface area contributed by atoms with Gasteiger partial charge in [0, 0.05) is 17.0 Å². The summed E-state index contributed by atoms with van der Waals surface area (Å²) in [6, 6.07) is 19.1. The van der Waals surface area contributed by atoms with E-state index < -0.39 is 0 Å². The highest BCUT2D eigenvalue weighted by Gasteiger charge is 2.22. The molecule has 0 saturated carbocycles. The van der Waals surface area contributed by atoms with Crippen molar-refractivity contribution in [1.29, 1.82) is 0 Å². The van der Waals surface area contributed by atoms with Crippen LogP contribution in [0, 0.1) is 6.92 Å². The monoisotopic (exact) mass is 474 g/mol. The van der Waals surface area contributed by atoms with E-state index in [-0.39, 0.29) is 11.8 Å². The molecule has 0 aliphatic carbocycles. The lowest BCUT2D eigenvalue weighted by Crippen LogP contribution is -2.26. The molecule has 0 aromatic heterocycles. The van der Waals surface area contributed by atoms with E-state index in [4.69, 9.17) is 9.47 Å². The van der Waals surface area contributed by atoms with Gasteiger partial charge in [0.05, 0.1) is 24.8 Å². The van der Waals surface area contributed by atoms with Crippen LogP contribution >= 0.6 is 11.8 Å². The number of hydrogen-bond acceptors (Lipinski definition) is 5. The number of fused-ring (bicyclic) bond motifs is 1. The molecule has 0 atom stereocenters. The molecule has 34 heavy (non-hydrogen) atoms. The second-order valence-electron chi connectivity index (χ2n) is 7.88. The van der Waals surface area contributed by atoms with Gasteiger partial charge in [-0.15, -0.1) is 0 Å². The highest BCUT2D eigenvalue weighted by Crippen LogP contribution is 2.40. The van der Waals surface area contributed by atoms with Crippen molar-refractivity contribution < 1.29 is 19.1 Å². The van der Waals surface area contributed by atoms with Crippen molar-refractivity contribution in [3.63, 3.8) is 0 Å². The second kappa shape index (κ2) is 10.5. The lowest BCUT2D eigenvalue weighted by atomic mass is 10.1. The zero-order valence-electron chi connectivity index (χ0n) is 19.3. The maximum absolute atomic E-state index is 12.7. The summed E-state index contributed by atoms with van der Waals surface area (Å²) < 4.78 is 10.6. The van der Waals surface area contributed by atoms with Crippen LogP contribution in [-0.4, -0.2) is 32.6 Å². The fourth-order valence-corrected chi connectivity index (χ4v) is 4.50. The lowest BCUT2D eigenvalue weighted by Gasteiger charge is -2.19. The Morgan fingerprint density at radius 3 is 2.50 bits per heavy atom. The average molecular weight is 475 g/mol. The molecule has 2 N–H and O–H groups in total. The van der Waals surface area contributed by atoms with Crippen molar-refractivity contribution in [2.75, 3.05) is 26.1 Å². The van der Waals surface area contributed by atoms with E-state index in [1.54, 1.807) is 38.5 Å². The van der Waals surface area contributed by atoms with E-state index in [1.807, 2.05) is 25.1 Å². The molecule has 6 nitrogen and oxygen atoms in total. The summed E-state index contributed by atoms with van der Waals surface area (Å²) >= 11 is 1.37. The van der Waals surface area contributed by atoms with Gasteiger partial charge in [0.15, 0.2) is 11.5 Å². The average Bonchev–Trinajstić information content (AvgIpc) is 2.85. The zero-order chi connectivity index (χ0) is 24.1. The molecule has 174 valence electrons. The third-order valence-electron chi connectivity index (χ3n) is 5.46. The van der Waals surface area contributed by atoms with Crippen LogP contribution in [0.4, 0.5) is 5.69 Å². The molecule has 0 bridgehead atoms. The van der Waals surface area contributed by atoms with Crippen molar-refractivity contribution in [2.45, 2.75) is 18.2 Å². The van der Waals surface area contributed by atoms with Crippen LogP contribution in [0.2, 0.25) is 0 Å². The van der Waals surface area contributed by atoms with Crippen molar-refractivity contribution in [2.24, 2.45) is 0 Å². The van der Waals surface area contributed by atoms with Gasteiger partial charge < -0.3 is 20.1 Å². The summed E-state index contributed by atoms with van der Waals surface area (Å²) in [5.41, 5.74) is 4.35. The summed E-state index contributed by atoms with van der Waals surface area (Å²) in [7, 11) is 3.15. The minimum Gasteiger partial charge on any atom is -0.493 e. The van der Waals surface area contributed by atoms with E-state index in [0.29, 0.717) is 34.2 Å². The van der Waals surface area contributed by atoms with Gasteiger partial charge in [0.25, 0.3) is 11.8 Å². The predicted octanol–water partition coefficient (Wildman–Crippen LogP) is 5.07. The van der Waals surface area contributed by atoms with Gasteiger partial charge in [0.2, 0.25) is 0 Å². The molecule has 2 amide bonds. The predicted molar refractivity (Wildman–Crippen MR) is 136 cm³/mol. The first-order valence-corrected chi connectivity index (χ1v) is 11.7. The van der Waals surface area contributed by atoms with Crippen LogP contribution < -0.4 is 20.1 Å². The number of rotatable bonds is 7. The third-order valence-corrected chi connectivity index (χ3v) is 6.56. The molecule has 4 rings (SSSR count). The summed E-state index contributed by atoms with van der Waals surface area (Å²) in [6.07, 6.45) is 2.56. The summed E-state index contributed by atoms with van der Waals surface area (Å²) in [5.74, 6) is 0.835. The van der Waals surface area contributed by atoms with Crippen LogP contribution in [-0.2, 0) is 11.2 Å². The number of nitrogens with one attached hydrogen (secondary N) is 2. The Hall–Kier alpha value is -3.71. The first-order valence-electron chi connectivity index (χ1n) is 10.9. The minimum atomic E-state index is -0.218. The molecule has 3 aromatic rings. The Morgan fingerprint density at radius 2 is 1.76 bits per heavy atom. The quantitative estimate of drug-likeness (QED) is 0.468. The number of ether oxygens (including phenoxy) is 2. The Morgan fingerprint density at radius 1 is 1.00 bits per heavy atom. The highest BCUT2D eigenvalue weighted by atomic mass is 32.2. The van der Waals surface area contributed by atoms with E-state index in [1.165, 1.54) is 22.9 Å². The maximum Gasteiger partial charge on any atom is 0.262 e. The second-order valence-corrected chi connectivity index (χ2v) is 8.97. The number of carbonyl (C=O) groups is 2. The summed E-state index contributed by atoms with van der Waals surface area (Å²) in [5, 5.41) is 5.85. The number of carbonyl (C=O) groups excluding carboxylic acids is 2. The van der Waals surface area contributed by atoms with Crippen molar-refractivity contribution in [1.82, 2.24) is 5.32 Å². The van der Waals surface area contributed by atoms with Gasteiger partial charge in [-0.25, -0.2) is 0 Å². The first kappa shape index (κ1) is 23.4. The van der Waals surface area contributed by atoms with Crippen molar-refractivity contribution in [3.05, 3.63) is 87.8 Å². The molecule has 1 aliphatic heterocycles. The van der Waals surface area contributed by atoms with Gasteiger partial charge in [-0.05, 0) is 60.9 Å². The third kappa shape index (κ3) is 5.43. The minimum absolute atomic E-state index is 0.166. The molecule has 0 saturated heterocycles. The van der Waals surface area contributed by atoms with E-state index in [9.17, 15) is 9.59 Å². The summed E-state index contributed by atoms with van der Waals surface area (Å²) in [6.45, 7) is 2.59. The van der Waals surface area contributed by atoms with Gasteiger partial charge in [-0.3, -0.25) is 9.59 Å². The number of anilines is 1. The van der Waals surface area contributed by atoms with Crippen LogP contribution in [0.5, 0.6) is 11.5 Å². The topological polar surface area (TPSA) is 76.7 Å². The number of benzene rings is 3. The lowest BCUT2D eigenvalue weighted by molar-refractivity contribution is -0.112. The normalized spacial score (nSPS) is 13.7. The zero-order valence-corrected chi connectivity index (χ0v) is 20.1. The number of thioether (sulfide) groups is 1. The van der Waals surface area contributed by atoms with E-state index in [2.05, 4.69) is 34.9 Å². The Balaban J connectivity index is 1.43. The van der Waals surface area contributed by atoms with Gasteiger partial charge in [0.1, 0.15) is 0 Å². The van der Waals surface area contributed by atoms with Crippen molar-refractivity contribution >= 4 is 35.3 Å². The van der Waals surface area contributed by atoms with Gasteiger partial charge >= 0.3 is 0 Å². The first-order chi connectivity index (χ1) is 16.5.